The Labute approximate surface area is 102 Å². The van der Waals surface area contributed by atoms with Gasteiger partial charge in [-0.15, -0.1) is 0 Å². The monoisotopic (exact) mass is 235 g/mol. The molecule has 2 nitrogen and oxygen atoms in total. The molecule has 0 fully saturated rings. The van der Waals surface area contributed by atoms with Gasteiger partial charge in [0.15, 0.2) is 0 Å². The first-order chi connectivity index (χ1) is 7.99. The Morgan fingerprint density at radius 1 is 1.47 bits per heavy atom. The molecular formula is C14H18FNO. The molecule has 1 aromatic carbocycles. The van der Waals surface area contributed by atoms with Crippen LogP contribution >= 0.6 is 0 Å². The highest BCUT2D eigenvalue weighted by Gasteiger charge is 2.06. The summed E-state index contributed by atoms with van der Waals surface area (Å²) in [7, 11) is 1.76. The first-order valence-corrected chi connectivity index (χ1v) is 5.68. The van der Waals surface area contributed by atoms with Crippen LogP contribution in [0.5, 0.6) is 0 Å². The standard InChI is InChI=1S/C14H18FNO/c1-11(2)10-16(3)14(17)8-7-12-5-4-6-13(15)9-12/h4-9,11H,10H2,1-3H3/b8-7+. The fourth-order valence-electron chi connectivity index (χ4n) is 1.54. The van der Waals surface area contributed by atoms with Crippen LogP contribution in [0.1, 0.15) is 19.4 Å². The average molecular weight is 235 g/mol. The van der Waals surface area contributed by atoms with E-state index in [2.05, 4.69) is 13.8 Å². The third-order valence-electron chi connectivity index (χ3n) is 2.28. The number of amides is 1. The highest BCUT2D eigenvalue weighted by Crippen LogP contribution is 2.06. The maximum absolute atomic E-state index is 12.9. The number of hydrogen-bond donors (Lipinski definition) is 0. The molecule has 0 spiro atoms. The van der Waals surface area contributed by atoms with Crippen molar-refractivity contribution in [2.45, 2.75) is 13.8 Å². The van der Waals surface area contributed by atoms with E-state index in [0.29, 0.717) is 18.0 Å². The maximum atomic E-state index is 12.9. The van der Waals surface area contributed by atoms with E-state index in [4.69, 9.17) is 0 Å². The van der Waals surface area contributed by atoms with Crippen LogP contribution in [0.4, 0.5) is 4.39 Å². The molecule has 1 rings (SSSR count). The number of likely N-dealkylation sites (N-methyl/N-ethyl adjacent to an activating group) is 1. The van der Waals surface area contributed by atoms with Crippen molar-refractivity contribution in [2.24, 2.45) is 5.92 Å². The molecule has 3 heteroatoms. The van der Waals surface area contributed by atoms with Crippen LogP contribution in [-0.2, 0) is 4.79 Å². The molecule has 1 aromatic rings. The molecule has 1 amide bonds. The minimum Gasteiger partial charge on any atom is -0.342 e. The Bertz CT molecular complexity index is 412. The molecule has 0 N–H and O–H groups in total. The second-order valence-corrected chi connectivity index (χ2v) is 4.50. The van der Waals surface area contributed by atoms with Gasteiger partial charge in [-0.1, -0.05) is 26.0 Å². The topological polar surface area (TPSA) is 20.3 Å². The van der Waals surface area contributed by atoms with Crippen molar-refractivity contribution < 1.29 is 9.18 Å². The molecule has 0 aliphatic rings. The van der Waals surface area contributed by atoms with Gasteiger partial charge >= 0.3 is 0 Å². The van der Waals surface area contributed by atoms with Crippen LogP contribution in [0, 0.1) is 11.7 Å². The van der Waals surface area contributed by atoms with Crippen molar-refractivity contribution >= 4 is 12.0 Å². The van der Waals surface area contributed by atoms with Gasteiger partial charge in [-0.25, -0.2) is 4.39 Å². The van der Waals surface area contributed by atoms with E-state index < -0.39 is 0 Å². The van der Waals surface area contributed by atoms with Gasteiger partial charge in [-0.2, -0.15) is 0 Å². The molecule has 0 aromatic heterocycles. The summed E-state index contributed by atoms with van der Waals surface area (Å²) in [6.45, 7) is 4.83. The van der Waals surface area contributed by atoms with Crippen LogP contribution in [0.3, 0.4) is 0 Å². The van der Waals surface area contributed by atoms with Crippen molar-refractivity contribution in [3.8, 4) is 0 Å². The smallest absolute Gasteiger partial charge is 0.246 e. The Morgan fingerprint density at radius 2 is 2.18 bits per heavy atom. The lowest BCUT2D eigenvalue weighted by molar-refractivity contribution is -0.125. The molecule has 0 bridgehead atoms. The normalized spacial score (nSPS) is 11.1. The summed E-state index contributed by atoms with van der Waals surface area (Å²) in [6.07, 6.45) is 3.10. The second kappa shape index (κ2) is 6.18. The summed E-state index contributed by atoms with van der Waals surface area (Å²) in [5.41, 5.74) is 0.691. The van der Waals surface area contributed by atoms with Crippen LogP contribution in [0.2, 0.25) is 0 Å². The molecule has 0 aliphatic heterocycles. The first-order valence-electron chi connectivity index (χ1n) is 5.68. The molecule has 0 heterocycles. The zero-order valence-corrected chi connectivity index (χ0v) is 10.5. The summed E-state index contributed by atoms with van der Waals surface area (Å²) in [6, 6.07) is 6.16. The Kier molecular flexibility index (Phi) is 4.88. The predicted octanol–water partition coefficient (Wildman–Crippen LogP) is 2.95. The summed E-state index contributed by atoms with van der Waals surface area (Å²) in [4.78, 5) is 13.3. The van der Waals surface area contributed by atoms with Crippen molar-refractivity contribution in [3.05, 3.63) is 41.7 Å². The largest absolute Gasteiger partial charge is 0.342 e. The zero-order chi connectivity index (χ0) is 12.8. The van der Waals surface area contributed by atoms with E-state index in [1.807, 2.05) is 0 Å². The SMILES string of the molecule is CC(C)CN(C)C(=O)/C=C/c1cccc(F)c1. The summed E-state index contributed by atoms with van der Waals surface area (Å²) < 4.78 is 12.9. The summed E-state index contributed by atoms with van der Waals surface area (Å²) in [5.74, 6) is 0.0737. The maximum Gasteiger partial charge on any atom is 0.246 e. The molecule has 0 aliphatic carbocycles. The lowest BCUT2D eigenvalue weighted by Gasteiger charge is -2.17. The lowest BCUT2D eigenvalue weighted by atomic mass is 10.2. The van der Waals surface area contributed by atoms with E-state index in [1.165, 1.54) is 18.2 Å². The molecule has 17 heavy (non-hydrogen) atoms. The van der Waals surface area contributed by atoms with Crippen LogP contribution in [0.15, 0.2) is 30.3 Å². The minimum atomic E-state index is -0.296. The van der Waals surface area contributed by atoms with Gasteiger partial charge in [-0.05, 0) is 29.7 Å². The number of carbonyl (C=O) groups excluding carboxylic acids is 1. The predicted molar refractivity (Wildman–Crippen MR) is 67.9 cm³/mol. The van der Waals surface area contributed by atoms with Crippen molar-refractivity contribution in [1.82, 2.24) is 4.90 Å². The highest BCUT2D eigenvalue weighted by atomic mass is 19.1. The minimum absolute atomic E-state index is 0.0667. The van der Waals surface area contributed by atoms with Gasteiger partial charge in [0.25, 0.3) is 0 Å². The van der Waals surface area contributed by atoms with E-state index in [9.17, 15) is 9.18 Å². The molecule has 0 atom stereocenters. The molecule has 92 valence electrons. The third-order valence-corrected chi connectivity index (χ3v) is 2.28. The van der Waals surface area contributed by atoms with Crippen LogP contribution < -0.4 is 0 Å². The van der Waals surface area contributed by atoms with E-state index in [-0.39, 0.29) is 11.7 Å². The second-order valence-electron chi connectivity index (χ2n) is 4.50. The molecule has 0 radical (unpaired) electrons. The van der Waals surface area contributed by atoms with Crippen molar-refractivity contribution in [2.75, 3.05) is 13.6 Å². The van der Waals surface area contributed by atoms with Gasteiger partial charge < -0.3 is 4.90 Å². The Hall–Kier alpha value is -1.64. The van der Waals surface area contributed by atoms with Crippen LogP contribution in [0.25, 0.3) is 6.08 Å². The number of halogens is 1. The zero-order valence-electron chi connectivity index (χ0n) is 10.5. The summed E-state index contributed by atoms with van der Waals surface area (Å²) in [5, 5.41) is 0. The lowest BCUT2D eigenvalue weighted by Crippen LogP contribution is -2.28. The first kappa shape index (κ1) is 13.4. The molecule has 0 saturated heterocycles. The average Bonchev–Trinajstić information content (AvgIpc) is 2.25. The molecular weight excluding hydrogens is 217 g/mol. The number of rotatable bonds is 4. The molecule has 0 unspecified atom stereocenters. The van der Waals surface area contributed by atoms with Gasteiger partial charge in [0.1, 0.15) is 5.82 Å². The van der Waals surface area contributed by atoms with Gasteiger partial charge in [-0.3, -0.25) is 4.79 Å². The summed E-state index contributed by atoms with van der Waals surface area (Å²) >= 11 is 0. The fourth-order valence-corrected chi connectivity index (χ4v) is 1.54. The number of carbonyl (C=O) groups is 1. The Morgan fingerprint density at radius 3 is 2.76 bits per heavy atom. The van der Waals surface area contributed by atoms with E-state index >= 15 is 0 Å². The van der Waals surface area contributed by atoms with Crippen molar-refractivity contribution in [3.63, 3.8) is 0 Å². The third kappa shape index (κ3) is 4.81. The highest BCUT2D eigenvalue weighted by molar-refractivity contribution is 5.91. The Balaban J connectivity index is 2.62. The fraction of sp³-hybridized carbons (Fsp3) is 0.357. The van der Waals surface area contributed by atoms with E-state index in [0.717, 1.165) is 0 Å². The molecule has 0 saturated carbocycles. The van der Waals surface area contributed by atoms with Gasteiger partial charge in [0.05, 0.1) is 0 Å². The van der Waals surface area contributed by atoms with Gasteiger partial charge in [0, 0.05) is 19.7 Å². The van der Waals surface area contributed by atoms with E-state index in [1.54, 1.807) is 30.2 Å². The van der Waals surface area contributed by atoms with Crippen LogP contribution in [-0.4, -0.2) is 24.4 Å². The van der Waals surface area contributed by atoms with Gasteiger partial charge in [0.2, 0.25) is 5.91 Å². The quantitative estimate of drug-likeness (QED) is 0.735. The van der Waals surface area contributed by atoms with Crippen molar-refractivity contribution in [1.29, 1.82) is 0 Å². The number of nitrogens with zero attached hydrogens (tertiary/aromatic N) is 1. The number of benzene rings is 1. The number of hydrogen-bond acceptors (Lipinski definition) is 1.